The van der Waals surface area contributed by atoms with Crippen molar-refractivity contribution in [1.29, 1.82) is 0 Å². The number of aliphatic hydroxyl groups excluding tert-OH is 1. The molecule has 2 aliphatic heterocycles. The molecule has 1 aromatic heterocycles. The second kappa shape index (κ2) is 7.29. The number of thiophene rings is 1. The molecule has 6 nitrogen and oxygen atoms in total. The Hall–Kier alpha value is -1.44. The van der Waals surface area contributed by atoms with E-state index in [1.807, 2.05) is 16.3 Å². The summed E-state index contributed by atoms with van der Waals surface area (Å²) in [5.74, 6) is -0.275. The topological polar surface area (TPSA) is 72.9 Å². The molecule has 26 heavy (non-hydrogen) atoms. The standard InChI is InChI=1S/C19H29N3O3S/c1-18(2,20-16(24)14-6-4-11-26-14)17(25)22-10-8-19(13-23)7-5-9-21(3)15(19)12-22/h4,6,11,15,23H,5,7-10,12-13H2,1-3H3,(H,20,24)/t15-,19-/m1/s1. The van der Waals surface area contributed by atoms with E-state index in [0.29, 0.717) is 18.0 Å². The van der Waals surface area contributed by atoms with Gasteiger partial charge in [-0.3, -0.25) is 9.59 Å². The minimum atomic E-state index is -0.965. The Kier molecular flexibility index (Phi) is 5.42. The summed E-state index contributed by atoms with van der Waals surface area (Å²) in [5.41, 5.74) is -1.07. The van der Waals surface area contributed by atoms with Crippen LogP contribution in [-0.2, 0) is 4.79 Å². The molecular formula is C19H29N3O3S. The smallest absolute Gasteiger partial charge is 0.262 e. The lowest BCUT2D eigenvalue weighted by molar-refractivity contribution is -0.145. The Balaban J connectivity index is 1.70. The molecule has 144 valence electrons. The van der Waals surface area contributed by atoms with Crippen LogP contribution in [0.3, 0.4) is 0 Å². The average molecular weight is 380 g/mol. The number of nitrogens with one attached hydrogen (secondary N) is 1. The fourth-order valence-corrected chi connectivity index (χ4v) is 5.02. The largest absolute Gasteiger partial charge is 0.396 e. The highest BCUT2D eigenvalue weighted by Crippen LogP contribution is 2.41. The maximum Gasteiger partial charge on any atom is 0.262 e. The predicted molar refractivity (Wildman–Crippen MR) is 102 cm³/mol. The van der Waals surface area contributed by atoms with E-state index in [4.69, 9.17) is 0 Å². The normalized spacial score (nSPS) is 27.1. The maximum absolute atomic E-state index is 13.1. The second-order valence-electron chi connectivity index (χ2n) is 8.18. The number of rotatable bonds is 4. The fourth-order valence-electron chi connectivity index (χ4n) is 4.40. The van der Waals surface area contributed by atoms with Gasteiger partial charge in [-0.15, -0.1) is 11.3 Å². The molecule has 1 aromatic rings. The van der Waals surface area contributed by atoms with Gasteiger partial charge in [0.05, 0.1) is 11.5 Å². The minimum Gasteiger partial charge on any atom is -0.396 e. The molecule has 3 heterocycles. The van der Waals surface area contributed by atoms with E-state index in [0.717, 1.165) is 25.8 Å². The number of hydrogen-bond acceptors (Lipinski definition) is 5. The average Bonchev–Trinajstić information content (AvgIpc) is 3.15. The van der Waals surface area contributed by atoms with Crippen molar-refractivity contribution in [2.24, 2.45) is 5.41 Å². The second-order valence-corrected chi connectivity index (χ2v) is 9.13. The number of piperidine rings is 2. The number of likely N-dealkylation sites (N-methyl/N-ethyl adjacent to an activating group) is 1. The molecule has 2 atom stereocenters. The van der Waals surface area contributed by atoms with E-state index in [1.165, 1.54) is 11.3 Å². The van der Waals surface area contributed by atoms with E-state index in [9.17, 15) is 14.7 Å². The molecule has 0 bridgehead atoms. The minimum absolute atomic E-state index is 0.0621. The SMILES string of the molecule is CN1CCC[C@]2(CO)CCN(C(=O)C(C)(C)NC(=O)c3cccs3)C[C@@H]12. The molecule has 0 aliphatic carbocycles. The first-order chi connectivity index (χ1) is 12.3. The van der Waals surface area contributed by atoms with Crippen LogP contribution in [0.5, 0.6) is 0 Å². The quantitative estimate of drug-likeness (QED) is 0.833. The Labute approximate surface area is 159 Å². The lowest BCUT2D eigenvalue weighted by atomic mass is 9.69. The van der Waals surface area contributed by atoms with Gasteiger partial charge in [-0.25, -0.2) is 0 Å². The summed E-state index contributed by atoms with van der Waals surface area (Å²) in [6, 6.07) is 3.75. The summed E-state index contributed by atoms with van der Waals surface area (Å²) in [4.78, 5) is 30.2. The number of aliphatic hydroxyl groups is 1. The molecule has 0 radical (unpaired) electrons. The van der Waals surface area contributed by atoms with Gasteiger partial charge < -0.3 is 20.2 Å². The molecular weight excluding hydrogens is 350 g/mol. The van der Waals surface area contributed by atoms with E-state index >= 15 is 0 Å². The van der Waals surface area contributed by atoms with E-state index in [2.05, 4.69) is 17.3 Å². The summed E-state index contributed by atoms with van der Waals surface area (Å²) in [7, 11) is 2.08. The van der Waals surface area contributed by atoms with Gasteiger partial charge in [0, 0.05) is 24.5 Å². The molecule has 7 heteroatoms. The van der Waals surface area contributed by atoms with Gasteiger partial charge in [-0.2, -0.15) is 0 Å². The first-order valence-corrected chi connectivity index (χ1v) is 10.1. The molecule has 0 spiro atoms. The third-order valence-electron chi connectivity index (χ3n) is 6.01. The lowest BCUT2D eigenvalue weighted by Gasteiger charge is -2.54. The lowest BCUT2D eigenvalue weighted by Crippen LogP contribution is -2.65. The number of likely N-dealkylation sites (tertiary alicyclic amines) is 2. The van der Waals surface area contributed by atoms with E-state index in [-0.39, 0.29) is 29.9 Å². The summed E-state index contributed by atoms with van der Waals surface area (Å²) < 4.78 is 0. The summed E-state index contributed by atoms with van der Waals surface area (Å²) in [5, 5.41) is 14.7. The van der Waals surface area contributed by atoms with Crippen molar-refractivity contribution in [1.82, 2.24) is 15.1 Å². The third-order valence-corrected chi connectivity index (χ3v) is 6.87. The molecule has 3 rings (SSSR count). The third kappa shape index (κ3) is 3.52. The highest BCUT2D eigenvalue weighted by Gasteiger charge is 2.48. The van der Waals surface area contributed by atoms with Crippen LogP contribution >= 0.6 is 11.3 Å². The van der Waals surface area contributed by atoms with Crippen LogP contribution in [0.2, 0.25) is 0 Å². The number of amides is 2. The molecule has 0 unspecified atom stereocenters. The monoisotopic (exact) mass is 379 g/mol. The van der Waals surface area contributed by atoms with Gasteiger partial charge in [0.2, 0.25) is 5.91 Å². The van der Waals surface area contributed by atoms with Crippen LogP contribution in [0.4, 0.5) is 0 Å². The van der Waals surface area contributed by atoms with Crippen LogP contribution in [0, 0.1) is 5.41 Å². The molecule has 2 saturated heterocycles. The van der Waals surface area contributed by atoms with Crippen molar-refractivity contribution in [3.63, 3.8) is 0 Å². The van der Waals surface area contributed by atoms with Crippen molar-refractivity contribution < 1.29 is 14.7 Å². The van der Waals surface area contributed by atoms with Gasteiger partial charge in [-0.05, 0) is 58.1 Å². The zero-order valence-electron chi connectivity index (χ0n) is 15.8. The van der Waals surface area contributed by atoms with Crippen LogP contribution < -0.4 is 5.32 Å². The van der Waals surface area contributed by atoms with E-state index in [1.54, 1.807) is 19.9 Å². The van der Waals surface area contributed by atoms with Crippen molar-refractivity contribution >= 4 is 23.2 Å². The molecule has 0 saturated carbocycles. The Morgan fingerprint density at radius 3 is 2.81 bits per heavy atom. The van der Waals surface area contributed by atoms with Crippen LogP contribution in [0.1, 0.15) is 42.8 Å². The number of nitrogens with zero attached hydrogens (tertiary/aromatic N) is 2. The highest BCUT2D eigenvalue weighted by molar-refractivity contribution is 7.12. The number of carbonyl (C=O) groups is 2. The number of fused-ring (bicyclic) bond motifs is 1. The zero-order valence-corrected chi connectivity index (χ0v) is 16.6. The maximum atomic E-state index is 13.1. The first-order valence-electron chi connectivity index (χ1n) is 9.25. The summed E-state index contributed by atoms with van der Waals surface area (Å²) in [6.45, 7) is 5.92. The molecule has 2 amide bonds. The number of hydrogen-bond donors (Lipinski definition) is 2. The Bertz CT molecular complexity index is 661. The van der Waals surface area contributed by atoms with Gasteiger partial charge in [0.15, 0.2) is 0 Å². The fraction of sp³-hybridized carbons (Fsp3) is 0.684. The van der Waals surface area contributed by atoms with Crippen molar-refractivity contribution in [3.05, 3.63) is 22.4 Å². The highest BCUT2D eigenvalue weighted by atomic mass is 32.1. The number of carbonyl (C=O) groups excluding carboxylic acids is 2. The molecule has 2 fully saturated rings. The van der Waals surface area contributed by atoms with Gasteiger partial charge >= 0.3 is 0 Å². The van der Waals surface area contributed by atoms with Gasteiger partial charge in [-0.1, -0.05) is 6.07 Å². The van der Waals surface area contributed by atoms with Crippen LogP contribution in [0.25, 0.3) is 0 Å². The Morgan fingerprint density at radius 2 is 2.15 bits per heavy atom. The summed E-state index contributed by atoms with van der Waals surface area (Å²) in [6.07, 6.45) is 2.90. The first kappa shape index (κ1) is 19.3. The van der Waals surface area contributed by atoms with Crippen LogP contribution in [0.15, 0.2) is 17.5 Å². The van der Waals surface area contributed by atoms with Crippen molar-refractivity contribution in [3.8, 4) is 0 Å². The van der Waals surface area contributed by atoms with Gasteiger partial charge in [0.25, 0.3) is 5.91 Å². The van der Waals surface area contributed by atoms with Crippen molar-refractivity contribution in [2.75, 3.05) is 33.3 Å². The van der Waals surface area contributed by atoms with Crippen LogP contribution in [-0.4, -0.2) is 71.6 Å². The zero-order chi connectivity index (χ0) is 18.9. The summed E-state index contributed by atoms with van der Waals surface area (Å²) >= 11 is 1.37. The predicted octanol–water partition coefficient (Wildman–Crippen LogP) is 1.56. The van der Waals surface area contributed by atoms with E-state index < -0.39 is 5.54 Å². The molecule has 2 N–H and O–H groups in total. The molecule has 2 aliphatic rings. The molecule has 0 aromatic carbocycles. The Morgan fingerprint density at radius 1 is 1.38 bits per heavy atom. The van der Waals surface area contributed by atoms with Gasteiger partial charge in [0.1, 0.15) is 5.54 Å². The van der Waals surface area contributed by atoms with Crippen molar-refractivity contribution in [2.45, 2.75) is 44.7 Å².